The molecule has 0 radical (unpaired) electrons. The molecule has 2 aromatic rings. The van der Waals surface area contributed by atoms with Crippen LogP contribution in [0.15, 0.2) is 47.4 Å². The van der Waals surface area contributed by atoms with Crippen LogP contribution < -0.4 is 20.7 Å². The number of hydrogen-bond donors (Lipinski definition) is 3. The molecule has 0 aliphatic carbocycles. The van der Waals surface area contributed by atoms with Crippen molar-refractivity contribution in [1.82, 2.24) is 16.0 Å². The van der Waals surface area contributed by atoms with Gasteiger partial charge in [-0.15, -0.1) is 0 Å². The van der Waals surface area contributed by atoms with E-state index in [2.05, 4.69) is 16.0 Å². The van der Waals surface area contributed by atoms with Gasteiger partial charge in [0.1, 0.15) is 23.4 Å². The maximum absolute atomic E-state index is 14.5. The molecule has 9 nitrogen and oxygen atoms in total. The van der Waals surface area contributed by atoms with Crippen molar-refractivity contribution in [1.29, 1.82) is 0 Å². The van der Waals surface area contributed by atoms with E-state index in [4.69, 9.17) is 9.47 Å². The van der Waals surface area contributed by atoms with Gasteiger partial charge in [-0.1, -0.05) is 12.1 Å². The first-order chi connectivity index (χ1) is 17.3. The minimum Gasteiger partial charge on any atom is -0.467 e. The Bertz CT molecular complexity index is 1210. The van der Waals surface area contributed by atoms with Gasteiger partial charge < -0.3 is 20.1 Å². The number of amides is 3. The fourth-order valence-electron chi connectivity index (χ4n) is 3.83. The molecule has 11 heteroatoms. The Kier molecular flexibility index (Phi) is 8.01. The fourth-order valence-corrected chi connectivity index (χ4v) is 4.51. The summed E-state index contributed by atoms with van der Waals surface area (Å²) in [5, 5.41) is 7.48. The van der Waals surface area contributed by atoms with Crippen molar-refractivity contribution < 1.29 is 33.0 Å². The van der Waals surface area contributed by atoms with Crippen LogP contribution in [0, 0.1) is 5.82 Å². The summed E-state index contributed by atoms with van der Waals surface area (Å²) in [6.45, 7) is 0.768. The number of rotatable bonds is 8. The predicted octanol–water partition coefficient (Wildman–Crippen LogP) is 2.89. The summed E-state index contributed by atoms with van der Waals surface area (Å²) in [5.74, 6) is -1.26. The molecule has 2 fully saturated rings. The highest BCUT2D eigenvalue weighted by molar-refractivity contribution is 8.18. The number of thioether (sulfide) groups is 1. The molecule has 2 aliphatic heterocycles. The zero-order chi connectivity index (χ0) is 25.7. The lowest BCUT2D eigenvalue weighted by Gasteiger charge is -2.19. The first-order valence-corrected chi connectivity index (χ1v) is 12.1. The summed E-state index contributed by atoms with van der Waals surface area (Å²) in [6, 6.07) is 9.86. The Balaban J connectivity index is 1.39. The topological polar surface area (TPSA) is 123 Å². The normalized spacial score (nSPS) is 19.2. The zero-order valence-corrected chi connectivity index (χ0v) is 20.2. The average molecular weight is 514 g/mol. The number of ether oxygens (including phenoxy) is 2. The predicted molar refractivity (Wildman–Crippen MR) is 131 cm³/mol. The van der Waals surface area contributed by atoms with Gasteiger partial charge in [0.2, 0.25) is 5.91 Å². The number of esters is 1. The second-order valence-corrected chi connectivity index (χ2v) is 9.23. The number of hydrogen-bond acceptors (Lipinski definition) is 8. The number of carbonyl (C=O) groups excluding carboxylic acids is 4. The minimum atomic E-state index is -0.831. The van der Waals surface area contributed by atoms with Crippen LogP contribution in [0.4, 0.5) is 9.18 Å². The maximum atomic E-state index is 14.5. The van der Waals surface area contributed by atoms with Crippen molar-refractivity contribution in [3.05, 3.63) is 64.3 Å². The molecule has 2 saturated heterocycles. The van der Waals surface area contributed by atoms with E-state index in [1.54, 1.807) is 30.3 Å². The van der Waals surface area contributed by atoms with Gasteiger partial charge in [-0.25, -0.2) is 9.18 Å². The second-order valence-electron chi connectivity index (χ2n) is 8.22. The minimum absolute atomic E-state index is 0.115. The highest BCUT2D eigenvalue weighted by Gasteiger charge is 2.28. The van der Waals surface area contributed by atoms with Gasteiger partial charge in [-0.3, -0.25) is 19.7 Å². The maximum Gasteiger partial charge on any atom is 0.328 e. The fraction of sp³-hybridized carbons (Fsp3) is 0.280. The van der Waals surface area contributed by atoms with Crippen LogP contribution in [-0.4, -0.2) is 48.8 Å². The molecule has 3 amide bonds. The van der Waals surface area contributed by atoms with Crippen LogP contribution >= 0.6 is 11.8 Å². The Morgan fingerprint density at radius 2 is 1.94 bits per heavy atom. The van der Waals surface area contributed by atoms with Gasteiger partial charge in [-0.2, -0.15) is 0 Å². The van der Waals surface area contributed by atoms with Crippen LogP contribution in [0.2, 0.25) is 0 Å². The lowest BCUT2D eigenvalue weighted by atomic mass is 10.0. The van der Waals surface area contributed by atoms with Gasteiger partial charge in [0, 0.05) is 18.1 Å². The van der Waals surface area contributed by atoms with Crippen LogP contribution in [-0.2, 0) is 25.5 Å². The van der Waals surface area contributed by atoms with Gasteiger partial charge in [0.15, 0.2) is 0 Å². The number of nitrogens with one attached hydrogen (secondary N) is 3. The van der Waals surface area contributed by atoms with E-state index < -0.39 is 29.0 Å². The molecule has 2 aromatic carbocycles. The van der Waals surface area contributed by atoms with Crippen LogP contribution in [0.1, 0.15) is 24.0 Å². The van der Waals surface area contributed by atoms with E-state index in [9.17, 15) is 23.6 Å². The van der Waals surface area contributed by atoms with E-state index in [-0.39, 0.29) is 34.6 Å². The molecule has 2 aliphatic rings. The monoisotopic (exact) mass is 513 g/mol. The van der Waals surface area contributed by atoms with Crippen molar-refractivity contribution in [3.63, 3.8) is 0 Å². The van der Waals surface area contributed by atoms with Crippen molar-refractivity contribution in [2.75, 3.05) is 13.7 Å². The molecule has 2 unspecified atom stereocenters. The third-order valence-electron chi connectivity index (χ3n) is 5.68. The van der Waals surface area contributed by atoms with Crippen LogP contribution in [0.5, 0.6) is 11.5 Å². The van der Waals surface area contributed by atoms with Gasteiger partial charge in [0.25, 0.3) is 11.1 Å². The van der Waals surface area contributed by atoms with Crippen molar-refractivity contribution in [2.24, 2.45) is 0 Å². The first kappa shape index (κ1) is 25.4. The van der Waals surface area contributed by atoms with Crippen molar-refractivity contribution in [2.45, 2.75) is 31.3 Å². The Hall–Kier alpha value is -3.70. The quantitative estimate of drug-likeness (QED) is 0.364. The number of carbonyl (C=O) groups is 4. The average Bonchev–Trinajstić information content (AvgIpc) is 3.50. The Labute approximate surface area is 210 Å². The third-order valence-corrected chi connectivity index (χ3v) is 6.49. The summed E-state index contributed by atoms with van der Waals surface area (Å²) < 4.78 is 25.1. The zero-order valence-electron chi connectivity index (χ0n) is 19.3. The van der Waals surface area contributed by atoms with Gasteiger partial charge in [0.05, 0.1) is 18.1 Å². The molecule has 3 N–H and O–H groups in total. The highest BCUT2D eigenvalue weighted by Crippen LogP contribution is 2.29. The van der Waals surface area contributed by atoms with E-state index in [1.165, 1.54) is 25.3 Å². The van der Waals surface area contributed by atoms with Crippen molar-refractivity contribution in [3.8, 4) is 11.5 Å². The second kappa shape index (κ2) is 11.4. The Morgan fingerprint density at radius 3 is 2.56 bits per heavy atom. The van der Waals surface area contributed by atoms with E-state index in [0.29, 0.717) is 17.5 Å². The van der Waals surface area contributed by atoms with Gasteiger partial charge >= 0.3 is 5.97 Å². The van der Waals surface area contributed by atoms with E-state index in [1.807, 2.05) is 0 Å². The summed E-state index contributed by atoms with van der Waals surface area (Å²) in [4.78, 5) is 47.7. The molecule has 2 heterocycles. The third kappa shape index (κ3) is 6.29. The lowest BCUT2D eigenvalue weighted by molar-refractivity contribution is -0.145. The molecule has 36 heavy (non-hydrogen) atoms. The summed E-state index contributed by atoms with van der Waals surface area (Å²) >= 11 is 0.710. The standard InChI is InChI=1S/C25H24FN3O6S/c1-34-24(32)20(28-22(30)19-3-2-10-27-19)11-14-4-7-16(8-5-14)35-17-9-6-15(18(26)13-17)12-21-23(31)29-25(33)36-21/h4-9,12-13,19-20,27H,2-3,10-11H2,1H3,(H,28,30)(H,29,31,33)/b21-12+. The molecular weight excluding hydrogens is 489 g/mol. The molecule has 2 atom stereocenters. The molecule has 0 spiro atoms. The van der Waals surface area contributed by atoms with Gasteiger partial charge in [-0.05, 0) is 67.1 Å². The first-order valence-electron chi connectivity index (χ1n) is 11.2. The molecule has 188 valence electrons. The van der Waals surface area contributed by atoms with Crippen molar-refractivity contribution >= 4 is 40.9 Å². The smallest absolute Gasteiger partial charge is 0.328 e. The molecule has 4 rings (SSSR count). The molecule has 0 aromatic heterocycles. The number of halogens is 1. The molecule has 0 saturated carbocycles. The summed E-state index contributed by atoms with van der Waals surface area (Å²) in [5.41, 5.74) is 0.918. The number of imide groups is 1. The Morgan fingerprint density at radius 1 is 1.19 bits per heavy atom. The van der Waals surface area contributed by atoms with Crippen LogP contribution in [0.25, 0.3) is 6.08 Å². The number of benzene rings is 2. The van der Waals surface area contributed by atoms with Crippen LogP contribution in [0.3, 0.4) is 0 Å². The summed E-state index contributed by atoms with van der Waals surface area (Å²) in [7, 11) is 1.27. The molecule has 0 bridgehead atoms. The largest absolute Gasteiger partial charge is 0.467 e. The number of methoxy groups -OCH3 is 1. The summed E-state index contributed by atoms with van der Waals surface area (Å²) in [6.07, 6.45) is 3.17. The van der Waals surface area contributed by atoms with E-state index >= 15 is 0 Å². The lowest BCUT2D eigenvalue weighted by Crippen LogP contribution is -2.49. The SMILES string of the molecule is COC(=O)C(Cc1ccc(Oc2ccc(/C=C3/SC(=O)NC3=O)c(F)c2)cc1)NC(=O)C1CCCN1. The van der Waals surface area contributed by atoms with E-state index in [0.717, 1.165) is 24.9 Å². The highest BCUT2D eigenvalue weighted by atomic mass is 32.2. The molecular formula is C25H24FN3O6S.